The van der Waals surface area contributed by atoms with Crippen LogP contribution in [-0.4, -0.2) is 52.1 Å². The lowest BCUT2D eigenvalue weighted by atomic mass is 9.95. The van der Waals surface area contributed by atoms with E-state index in [1.165, 1.54) is 17.0 Å². The van der Waals surface area contributed by atoms with Crippen LogP contribution in [0.2, 0.25) is 0 Å². The summed E-state index contributed by atoms with van der Waals surface area (Å²) in [6.45, 7) is 15.3. The van der Waals surface area contributed by atoms with Gasteiger partial charge in [-0.1, -0.05) is 52.7 Å². The topological polar surface area (TPSA) is 108 Å². The molecule has 0 aliphatic carbocycles. The molecule has 0 spiro atoms. The zero-order chi connectivity index (χ0) is 26.8. The predicted molar refractivity (Wildman–Crippen MR) is 138 cm³/mol. The number of aromatic hydroxyl groups is 1. The maximum absolute atomic E-state index is 14.0. The Labute approximate surface area is 210 Å². The molecule has 0 saturated carbocycles. The lowest BCUT2D eigenvalue weighted by Crippen LogP contribution is -2.55. The van der Waals surface area contributed by atoms with Crippen molar-refractivity contribution in [2.24, 2.45) is 5.92 Å². The van der Waals surface area contributed by atoms with Crippen LogP contribution in [0.5, 0.6) is 5.75 Å². The van der Waals surface area contributed by atoms with E-state index in [0.29, 0.717) is 24.9 Å². The monoisotopic (exact) mass is 491 g/mol. The number of nitrogens with one attached hydrogen (secondary N) is 2. The highest BCUT2D eigenvalue weighted by atomic mass is 16.6. The van der Waals surface area contributed by atoms with Gasteiger partial charge >= 0.3 is 6.09 Å². The molecule has 4 atom stereocenters. The molecule has 1 aromatic carbocycles. The molecular weight excluding hydrogens is 446 g/mol. The molecule has 0 radical (unpaired) electrons. The third-order valence-corrected chi connectivity index (χ3v) is 5.76. The molecule has 0 saturated heterocycles. The van der Waals surface area contributed by atoms with E-state index in [-0.39, 0.29) is 29.5 Å². The van der Waals surface area contributed by atoms with E-state index in [1.807, 2.05) is 34.6 Å². The number of phenols is 1. The summed E-state index contributed by atoms with van der Waals surface area (Å²) < 4.78 is 5.41. The van der Waals surface area contributed by atoms with Gasteiger partial charge in [-0.3, -0.25) is 9.59 Å². The van der Waals surface area contributed by atoms with Crippen LogP contribution in [0.25, 0.3) is 0 Å². The highest BCUT2D eigenvalue weighted by Gasteiger charge is 2.38. The molecule has 35 heavy (non-hydrogen) atoms. The van der Waals surface area contributed by atoms with E-state index in [2.05, 4.69) is 10.6 Å². The molecule has 3 amide bonds. The number of rotatable bonds is 12. The Bertz CT molecular complexity index is 836. The summed E-state index contributed by atoms with van der Waals surface area (Å²) in [4.78, 5) is 41.6. The molecule has 0 aliphatic heterocycles. The van der Waals surface area contributed by atoms with Crippen molar-refractivity contribution in [1.82, 2.24) is 15.5 Å². The fourth-order valence-electron chi connectivity index (χ4n) is 3.90. The van der Waals surface area contributed by atoms with Gasteiger partial charge in [0.2, 0.25) is 11.8 Å². The zero-order valence-corrected chi connectivity index (χ0v) is 22.7. The second-order valence-electron chi connectivity index (χ2n) is 10.2. The average Bonchev–Trinajstić information content (AvgIpc) is 2.75. The highest BCUT2D eigenvalue weighted by molar-refractivity contribution is 5.92. The zero-order valence-electron chi connectivity index (χ0n) is 22.7. The molecule has 3 N–H and O–H groups in total. The van der Waals surface area contributed by atoms with Gasteiger partial charge in [-0.15, -0.1) is 0 Å². The lowest BCUT2D eigenvalue weighted by molar-refractivity contribution is -0.143. The molecule has 0 aromatic heterocycles. The van der Waals surface area contributed by atoms with Gasteiger partial charge in [0.15, 0.2) is 0 Å². The number of carbonyl (C=O) groups excluding carboxylic acids is 3. The summed E-state index contributed by atoms with van der Waals surface area (Å²) in [5.74, 6) is -0.866. The van der Waals surface area contributed by atoms with Crippen LogP contribution in [0, 0.1) is 5.92 Å². The Kier molecular flexibility index (Phi) is 12.1. The summed E-state index contributed by atoms with van der Waals surface area (Å²) >= 11 is 0. The molecule has 198 valence electrons. The fourth-order valence-corrected chi connectivity index (χ4v) is 3.90. The standard InChI is InChI=1S/C27H45N3O5/c1-9-13-19(5)28-24(32)23(20-14-12-15-21(31)17-20)30(16-10-2)25(33)22(18(4)11-3)29-26(34)35-27(6,7)8/h12,14-15,17-19,22-23,31H,9-11,13,16H2,1-8H3,(H,28,32)(H,29,34). The van der Waals surface area contributed by atoms with Gasteiger partial charge in [-0.2, -0.15) is 0 Å². The Morgan fingerprint density at radius 1 is 1.06 bits per heavy atom. The lowest BCUT2D eigenvalue weighted by Gasteiger charge is -2.36. The van der Waals surface area contributed by atoms with E-state index >= 15 is 0 Å². The van der Waals surface area contributed by atoms with Crippen LogP contribution in [0.4, 0.5) is 4.79 Å². The van der Waals surface area contributed by atoms with Crippen LogP contribution in [0.15, 0.2) is 24.3 Å². The number of carbonyl (C=O) groups is 3. The predicted octanol–water partition coefficient (Wildman–Crippen LogP) is 4.92. The van der Waals surface area contributed by atoms with Crippen molar-refractivity contribution in [3.8, 4) is 5.75 Å². The molecule has 8 heteroatoms. The van der Waals surface area contributed by atoms with Gasteiger partial charge < -0.3 is 25.4 Å². The Balaban J connectivity index is 3.45. The first-order chi connectivity index (χ1) is 16.3. The van der Waals surface area contributed by atoms with Gasteiger partial charge in [0, 0.05) is 12.6 Å². The molecule has 1 rings (SSSR count). The second kappa shape index (κ2) is 14.0. The number of hydrogen-bond acceptors (Lipinski definition) is 5. The SMILES string of the molecule is CCCC(C)NC(=O)C(c1cccc(O)c1)N(CCC)C(=O)C(NC(=O)OC(C)(C)C)C(C)CC. The van der Waals surface area contributed by atoms with Gasteiger partial charge in [0.25, 0.3) is 0 Å². The maximum Gasteiger partial charge on any atom is 0.408 e. The van der Waals surface area contributed by atoms with E-state index in [0.717, 1.165) is 12.8 Å². The summed E-state index contributed by atoms with van der Waals surface area (Å²) in [5, 5.41) is 15.9. The molecule has 0 bridgehead atoms. The molecule has 0 heterocycles. The molecule has 8 nitrogen and oxygen atoms in total. The molecular formula is C27H45N3O5. The normalized spacial score (nSPS) is 14.9. The second-order valence-corrected chi connectivity index (χ2v) is 10.2. The first kappa shape index (κ1) is 30.3. The first-order valence-electron chi connectivity index (χ1n) is 12.7. The van der Waals surface area contributed by atoms with Crippen molar-refractivity contribution >= 4 is 17.9 Å². The van der Waals surface area contributed by atoms with Gasteiger partial charge in [0.1, 0.15) is 23.4 Å². The van der Waals surface area contributed by atoms with E-state index in [9.17, 15) is 19.5 Å². The molecule has 0 fully saturated rings. The summed E-state index contributed by atoms with van der Waals surface area (Å²) in [6, 6.07) is 4.50. The van der Waals surface area contributed by atoms with Crippen molar-refractivity contribution in [1.29, 1.82) is 0 Å². The molecule has 1 aromatic rings. The van der Waals surface area contributed by atoms with Gasteiger partial charge in [0.05, 0.1) is 0 Å². The number of hydrogen-bond donors (Lipinski definition) is 3. The van der Waals surface area contributed by atoms with Gasteiger partial charge in [-0.05, 0) is 64.2 Å². The Morgan fingerprint density at radius 2 is 1.71 bits per heavy atom. The molecule has 0 aliphatic rings. The number of alkyl carbamates (subject to hydrolysis) is 1. The smallest absolute Gasteiger partial charge is 0.408 e. The number of amides is 3. The Hall–Kier alpha value is -2.77. The number of benzene rings is 1. The van der Waals surface area contributed by atoms with Crippen molar-refractivity contribution in [3.63, 3.8) is 0 Å². The van der Waals surface area contributed by atoms with Crippen molar-refractivity contribution in [3.05, 3.63) is 29.8 Å². The quantitative estimate of drug-likeness (QED) is 0.385. The van der Waals surface area contributed by atoms with E-state index < -0.39 is 23.8 Å². The first-order valence-corrected chi connectivity index (χ1v) is 12.7. The number of ether oxygens (including phenoxy) is 1. The average molecular weight is 492 g/mol. The minimum atomic E-state index is -0.958. The van der Waals surface area contributed by atoms with Crippen molar-refractivity contribution in [2.45, 2.75) is 105 Å². The van der Waals surface area contributed by atoms with E-state index in [1.54, 1.807) is 32.9 Å². The molecule has 4 unspecified atom stereocenters. The third-order valence-electron chi connectivity index (χ3n) is 5.76. The minimum absolute atomic E-state index is 0.0103. The Morgan fingerprint density at radius 3 is 2.23 bits per heavy atom. The van der Waals surface area contributed by atoms with E-state index in [4.69, 9.17) is 4.74 Å². The van der Waals surface area contributed by atoms with Crippen molar-refractivity contribution < 1.29 is 24.2 Å². The minimum Gasteiger partial charge on any atom is -0.508 e. The van der Waals surface area contributed by atoms with Crippen LogP contribution in [0.1, 0.15) is 92.7 Å². The fraction of sp³-hybridized carbons (Fsp3) is 0.667. The van der Waals surface area contributed by atoms with Crippen LogP contribution in [0.3, 0.4) is 0 Å². The van der Waals surface area contributed by atoms with Crippen LogP contribution in [-0.2, 0) is 14.3 Å². The number of phenolic OH excluding ortho intramolecular Hbond substituents is 1. The van der Waals surface area contributed by atoms with Crippen LogP contribution < -0.4 is 10.6 Å². The summed E-state index contributed by atoms with van der Waals surface area (Å²) in [7, 11) is 0. The largest absolute Gasteiger partial charge is 0.508 e. The number of nitrogens with zero attached hydrogens (tertiary/aromatic N) is 1. The summed E-state index contributed by atoms with van der Waals surface area (Å²) in [5.41, 5.74) is -0.205. The third kappa shape index (κ3) is 9.78. The maximum atomic E-state index is 14.0. The highest BCUT2D eigenvalue weighted by Crippen LogP contribution is 2.27. The van der Waals surface area contributed by atoms with Crippen LogP contribution >= 0.6 is 0 Å². The van der Waals surface area contributed by atoms with Crippen molar-refractivity contribution in [2.75, 3.05) is 6.54 Å². The summed E-state index contributed by atoms with van der Waals surface area (Å²) in [6.07, 6.45) is 2.28. The van der Waals surface area contributed by atoms with Gasteiger partial charge in [-0.25, -0.2) is 4.79 Å².